The van der Waals surface area contributed by atoms with Crippen molar-refractivity contribution in [2.75, 3.05) is 37.2 Å². The standard InChI is InChI=1S/C19H24N6O2/c1-2-6-15-17-18(25(20)22-15)19(26)24(23-9-11-27-12-10-23)16(21-17)13-14-7-4-3-5-8-14/h3-5,7-8H,2,6,9-13,20H2,1H3. The van der Waals surface area contributed by atoms with Crippen molar-refractivity contribution < 1.29 is 4.74 Å². The molecule has 0 spiro atoms. The summed E-state index contributed by atoms with van der Waals surface area (Å²) in [5.74, 6) is 6.72. The van der Waals surface area contributed by atoms with Gasteiger partial charge in [0.15, 0.2) is 5.52 Å². The predicted molar refractivity (Wildman–Crippen MR) is 104 cm³/mol. The van der Waals surface area contributed by atoms with Crippen molar-refractivity contribution in [1.82, 2.24) is 19.5 Å². The maximum Gasteiger partial charge on any atom is 0.300 e. The lowest BCUT2D eigenvalue weighted by Crippen LogP contribution is -2.50. The second-order valence-electron chi connectivity index (χ2n) is 6.71. The van der Waals surface area contributed by atoms with Crippen LogP contribution in [-0.4, -0.2) is 45.9 Å². The summed E-state index contributed by atoms with van der Waals surface area (Å²) < 4.78 is 7.11. The molecule has 0 unspecified atom stereocenters. The number of nitrogens with two attached hydrogens (primary N) is 1. The van der Waals surface area contributed by atoms with E-state index < -0.39 is 0 Å². The fraction of sp³-hybridized carbons (Fsp3) is 0.421. The first-order valence-corrected chi connectivity index (χ1v) is 9.34. The van der Waals surface area contributed by atoms with Crippen LogP contribution in [0, 0.1) is 0 Å². The molecule has 142 valence electrons. The first kappa shape index (κ1) is 17.5. The minimum Gasteiger partial charge on any atom is -0.378 e. The zero-order valence-corrected chi connectivity index (χ0v) is 15.5. The fourth-order valence-electron chi connectivity index (χ4n) is 3.53. The van der Waals surface area contributed by atoms with E-state index in [1.165, 1.54) is 4.79 Å². The van der Waals surface area contributed by atoms with Crippen LogP contribution in [0.2, 0.25) is 0 Å². The Morgan fingerprint density at radius 3 is 2.63 bits per heavy atom. The highest BCUT2D eigenvalue weighted by molar-refractivity contribution is 5.77. The van der Waals surface area contributed by atoms with E-state index in [0.717, 1.165) is 24.1 Å². The highest BCUT2D eigenvalue weighted by Crippen LogP contribution is 2.16. The van der Waals surface area contributed by atoms with Gasteiger partial charge in [0.25, 0.3) is 0 Å². The van der Waals surface area contributed by atoms with Crippen LogP contribution >= 0.6 is 0 Å². The van der Waals surface area contributed by atoms with E-state index in [1.807, 2.05) is 35.3 Å². The summed E-state index contributed by atoms with van der Waals surface area (Å²) in [6, 6.07) is 10.0. The number of morpholine rings is 1. The van der Waals surface area contributed by atoms with Crippen LogP contribution in [0.15, 0.2) is 35.1 Å². The number of aromatic nitrogens is 4. The Bertz CT molecular complexity index is 989. The number of nitrogens with zero attached hydrogens (tertiary/aromatic N) is 5. The molecule has 1 saturated heterocycles. The number of ether oxygens (including phenoxy) is 1. The molecule has 2 aromatic heterocycles. The quantitative estimate of drug-likeness (QED) is 0.671. The second kappa shape index (κ2) is 7.40. The van der Waals surface area contributed by atoms with Crippen molar-refractivity contribution in [3.8, 4) is 0 Å². The molecule has 0 bridgehead atoms. The lowest BCUT2D eigenvalue weighted by molar-refractivity contribution is 0.110. The summed E-state index contributed by atoms with van der Waals surface area (Å²) in [6.07, 6.45) is 2.21. The number of aryl methyl sites for hydroxylation is 1. The van der Waals surface area contributed by atoms with E-state index in [9.17, 15) is 4.79 Å². The first-order chi connectivity index (χ1) is 13.2. The molecular weight excluding hydrogens is 344 g/mol. The molecule has 2 N–H and O–H groups in total. The van der Waals surface area contributed by atoms with Crippen molar-refractivity contribution in [3.05, 3.63) is 57.8 Å². The van der Waals surface area contributed by atoms with E-state index >= 15 is 0 Å². The first-order valence-electron chi connectivity index (χ1n) is 9.34. The maximum atomic E-state index is 13.4. The summed E-state index contributed by atoms with van der Waals surface area (Å²) >= 11 is 0. The molecule has 0 atom stereocenters. The Kier molecular flexibility index (Phi) is 4.81. The zero-order valence-electron chi connectivity index (χ0n) is 15.5. The molecule has 1 aliphatic rings. The van der Waals surface area contributed by atoms with Gasteiger partial charge >= 0.3 is 5.56 Å². The third kappa shape index (κ3) is 3.28. The van der Waals surface area contributed by atoms with Gasteiger partial charge in [-0.05, 0) is 12.0 Å². The molecule has 8 nitrogen and oxygen atoms in total. The Balaban J connectivity index is 1.91. The average molecular weight is 368 g/mol. The van der Waals surface area contributed by atoms with Gasteiger partial charge in [0, 0.05) is 6.42 Å². The molecule has 0 radical (unpaired) electrons. The molecule has 0 amide bonds. The number of fused-ring (bicyclic) bond motifs is 1. The van der Waals surface area contributed by atoms with E-state index in [-0.39, 0.29) is 5.56 Å². The Hall–Kier alpha value is -2.87. The molecule has 1 aromatic carbocycles. The lowest BCUT2D eigenvalue weighted by atomic mass is 10.1. The van der Waals surface area contributed by atoms with Gasteiger partial charge in [0.05, 0.1) is 32.0 Å². The fourth-order valence-corrected chi connectivity index (χ4v) is 3.53. The predicted octanol–water partition coefficient (Wildman–Crippen LogP) is 0.818. The molecule has 0 aliphatic carbocycles. The van der Waals surface area contributed by atoms with Gasteiger partial charge in [-0.1, -0.05) is 43.7 Å². The van der Waals surface area contributed by atoms with E-state index in [1.54, 1.807) is 4.68 Å². The van der Waals surface area contributed by atoms with Crippen molar-refractivity contribution in [1.29, 1.82) is 0 Å². The topological polar surface area (TPSA) is 91.2 Å². The number of hydrogen-bond acceptors (Lipinski definition) is 6. The summed E-state index contributed by atoms with van der Waals surface area (Å²) in [5.41, 5.74) is 2.66. The van der Waals surface area contributed by atoms with Crippen LogP contribution in [-0.2, 0) is 17.6 Å². The van der Waals surface area contributed by atoms with Gasteiger partial charge in [-0.3, -0.25) is 4.79 Å². The highest BCUT2D eigenvalue weighted by atomic mass is 16.5. The van der Waals surface area contributed by atoms with Gasteiger partial charge in [-0.2, -0.15) is 9.89 Å². The molecule has 1 aliphatic heterocycles. The Labute approximate surface area is 157 Å². The summed E-state index contributed by atoms with van der Waals surface area (Å²) in [4.78, 5) is 19.4. The Morgan fingerprint density at radius 2 is 1.93 bits per heavy atom. The van der Waals surface area contributed by atoms with E-state index in [2.05, 4.69) is 12.0 Å². The van der Waals surface area contributed by atoms with Crippen LogP contribution in [0.3, 0.4) is 0 Å². The molecule has 1 fully saturated rings. The molecule has 3 heterocycles. The smallest absolute Gasteiger partial charge is 0.300 e. The van der Waals surface area contributed by atoms with Crippen molar-refractivity contribution in [3.63, 3.8) is 0 Å². The SMILES string of the molecule is CCCc1nn(N)c2c(=O)n(N3CCOCC3)c(Cc3ccccc3)nc12. The van der Waals surface area contributed by atoms with Gasteiger partial charge < -0.3 is 15.6 Å². The number of nitrogen functional groups attached to an aromatic ring is 1. The van der Waals surface area contributed by atoms with Crippen LogP contribution in [0.1, 0.15) is 30.4 Å². The van der Waals surface area contributed by atoms with Crippen molar-refractivity contribution in [2.45, 2.75) is 26.2 Å². The number of hydrogen-bond donors (Lipinski definition) is 1. The normalized spacial score (nSPS) is 14.8. The third-order valence-electron chi connectivity index (χ3n) is 4.80. The van der Waals surface area contributed by atoms with Crippen LogP contribution < -0.4 is 16.4 Å². The summed E-state index contributed by atoms with van der Waals surface area (Å²) in [5, 5.41) is 6.34. The maximum absolute atomic E-state index is 13.4. The zero-order chi connectivity index (χ0) is 18.8. The van der Waals surface area contributed by atoms with Crippen molar-refractivity contribution in [2.24, 2.45) is 0 Å². The largest absolute Gasteiger partial charge is 0.378 e. The molecule has 27 heavy (non-hydrogen) atoms. The van der Waals surface area contributed by atoms with Crippen LogP contribution in [0.5, 0.6) is 0 Å². The molecule has 0 saturated carbocycles. The van der Waals surface area contributed by atoms with Gasteiger partial charge in [0.2, 0.25) is 0 Å². The minimum absolute atomic E-state index is 0.176. The summed E-state index contributed by atoms with van der Waals surface area (Å²) in [7, 11) is 0. The third-order valence-corrected chi connectivity index (χ3v) is 4.80. The van der Waals surface area contributed by atoms with Crippen LogP contribution in [0.25, 0.3) is 11.0 Å². The molecule has 3 aromatic rings. The van der Waals surface area contributed by atoms with Crippen LogP contribution in [0.4, 0.5) is 0 Å². The van der Waals surface area contributed by atoms with Gasteiger partial charge in [-0.15, -0.1) is 0 Å². The minimum atomic E-state index is -0.176. The average Bonchev–Trinajstić information content (AvgIpc) is 2.99. The highest BCUT2D eigenvalue weighted by Gasteiger charge is 2.23. The van der Waals surface area contributed by atoms with Gasteiger partial charge in [-0.25, -0.2) is 9.66 Å². The second-order valence-corrected chi connectivity index (χ2v) is 6.71. The number of benzene rings is 1. The lowest BCUT2D eigenvalue weighted by Gasteiger charge is -2.31. The van der Waals surface area contributed by atoms with E-state index in [4.69, 9.17) is 15.6 Å². The molecular formula is C19H24N6O2. The molecule has 8 heteroatoms. The monoisotopic (exact) mass is 368 g/mol. The molecule has 4 rings (SSSR count). The summed E-state index contributed by atoms with van der Waals surface area (Å²) in [6.45, 7) is 4.50. The van der Waals surface area contributed by atoms with E-state index in [0.29, 0.717) is 49.6 Å². The van der Waals surface area contributed by atoms with Crippen molar-refractivity contribution >= 4 is 11.0 Å². The number of rotatable bonds is 5. The van der Waals surface area contributed by atoms with Gasteiger partial charge in [0.1, 0.15) is 11.3 Å². The Morgan fingerprint density at radius 1 is 1.19 bits per heavy atom.